The second-order valence-electron chi connectivity index (χ2n) is 6.14. The van der Waals surface area contributed by atoms with E-state index < -0.39 is 0 Å². The van der Waals surface area contributed by atoms with Gasteiger partial charge < -0.3 is 11.1 Å². The van der Waals surface area contributed by atoms with Gasteiger partial charge in [-0.05, 0) is 49.4 Å². The summed E-state index contributed by atoms with van der Waals surface area (Å²) in [5, 5.41) is 3.30. The number of benzene rings is 1. The molecular formula is C16H26N2. The summed E-state index contributed by atoms with van der Waals surface area (Å²) in [5.74, 6) is 0.566. The first-order valence-corrected chi connectivity index (χ1v) is 7.01. The number of hydrogen-bond donors (Lipinski definition) is 2. The van der Waals surface area contributed by atoms with E-state index in [-0.39, 0.29) is 6.04 Å². The molecule has 1 aromatic carbocycles. The standard InChI is InChI=1S/C16H26N2/c1-11(2)13-6-5-12(3)14(9-13)15(17)16(7-8-16)10-18-4/h5-6,9,11,15,18H,7-8,10,17H2,1-4H3. The highest BCUT2D eigenvalue weighted by atomic mass is 14.9. The lowest BCUT2D eigenvalue weighted by Gasteiger charge is -2.26. The van der Waals surface area contributed by atoms with Crippen LogP contribution in [0.4, 0.5) is 0 Å². The van der Waals surface area contributed by atoms with Gasteiger partial charge in [0.1, 0.15) is 0 Å². The number of aryl methyl sites for hydroxylation is 1. The van der Waals surface area contributed by atoms with E-state index in [4.69, 9.17) is 5.73 Å². The van der Waals surface area contributed by atoms with Crippen LogP contribution in [-0.2, 0) is 0 Å². The largest absolute Gasteiger partial charge is 0.323 e. The summed E-state index contributed by atoms with van der Waals surface area (Å²) < 4.78 is 0. The normalized spacial score (nSPS) is 19.0. The molecule has 1 aromatic rings. The highest BCUT2D eigenvalue weighted by Crippen LogP contribution is 2.53. The third-order valence-corrected chi connectivity index (χ3v) is 4.39. The molecule has 0 aromatic heterocycles. The van der Waals surface area contributed by atoms with E-state index in [9.17, 15) is 0 Å². The second-order valence-corrected chi connectivity index (χ2v) is 6.14. The SMILES string of the molecule is CNCC1(C(N)c2cc(C(C)C)ccc2C)CC1. The minimum Gasteiger partial charge on any atom is -0.323 e. The van der Waals surface area contributed by atoms with Crippen molar-refractivity contribution in [1.82, 2.24) is 5.32 Å². The van der Waals surface area contributed by atoms with Gasteiger partial charge >= 0.3 is 0 Å². The molecule has 3 N–H and O–H groups in total. The molecule has 1 unspecified atom stereocenters. The fraction of sp³-hybridized carbons (Fsp3) is 0.625. The smallest absolute Gasteiger partial charge is 0.0367 e. The number of nitrogens with two attached hydrogens (primary N) is 1. The van der Waals surface area contributed by atoms with Gasteiger partial charge in [0, 0.05) is 18.0 Å². The van der Waals surface area contributed by atoms with E-state index >= 15 is 0 Å². The fourth-order valence-electron chi connectivity index (χ4n) is 2.79. The van der Waals surface area contributed by atoms with Crippen LogP contribution in [0.3, 0.4) is 0 Å². The lowest BCUT2D eigenvalue weighted by atomic mass is 9.86. The van der Waals surface area contributed by atoms with Gasteiger partial charge in [0.25, 0.3) is 0 Å². The zero-order valence-electron chi connectivity index (χ0n) is 12.1. The lowest BCUT2D eigenvalue weighted by Crippen LogP contribution is -2.31. The van der Waals surface area contributed by atoms with Crippen LogP contribution in [-0.4, -0.2) is 13.6 Å². The molecule has 1 saturated carbocycles. The summed E-state index contributed by atoms with van der Waals surface area (Å²) in [7, 11) is 2.02. The Kier molecular flexibility index (Phi) is 3.79. The second kappa shape index (κ2) is 5.02. The molecule has 1 aliphatic carbocycles. The van der Waals surface area contributed by atoms with E-state index in [1.807, 2.05) is 7.05 Å². The molecule has 0 saturated heterocycles. The maximum atomic E-state index is 6.55. The van der Waals surface area contributed by atoms with Crippen molar-refractivity contribution in [3.05, 3.63) is 34.9 Å². The van der Waals surface area contributed by atoms with Gasteiger partial charge in [0.05, 0.1) is 0 Å². The van der Waals surface area contributed by atoms with Gasteiger partial charge in [-0.3, -0.25) is 0 Å². The Balaban J connectivity index is 2.29. The van der Waals surface area contributed by atoms with Crippen LogP contribution in [0.2, 0.25) is 0 Å². The molecule has 0 amide bonds. The van der Waals surface area contributed by atoms with Crippen LogP contribution in [0.15, 0.2) is 18.2 Å². The number of rotatable bonds is 5. The van der Waals surface area contributed by atoms with Crippen molar-refractivity contribution in [2.75, 3.05) is 13.6 Å². The van der Waals surface area contributed by atoms with Gasteiger partial charge in [0.2, 0.25) is 0 Å². The molecule has 0 aliphatic heterocycles. The molecule has 2 heteroatoms. The van der Waals surface area contributed by atoms with Crippen LogP contribution < -0.4 is 11.1 Å². The zero-order chi connectivity index (χ0) is 13.3. The molecular weight excluding hydrogens is 220 g/mol. The highest BCUT2D eigenvalue weighted by molar-refractivity contribution is 5.37. The Morgan fingerprint density at radius 3 is 2.50 bits per heavy atom. The van der Waals surface area contributed by atoms with Crippen LogP contribution in [0.25, 0.3) is 0 Å². The maximum absolute atomic E-state index is 6.55. The Bertz CT molecular complexity index is 419. The fourth-order valence-corrected chi connectivity index (χ4v) is 2.79. The van der Waals surface area contributed by atoms with Crippen molar-refractivity contribution >= 4 is 0 Å². The molecule has 0 heterocycles. The summed E-state index contributed by atoms with van der Waals surface area (Å²) in [6, 6.07) is 6.94. The summed E-state index contributed by atoms with van der Waals surface area (Å²) in [5.41, 5.74) is 10.9. The van der Waals surface area contributed by atoms with Crippen molar-refractivity contribution in [2.24, 2.45) is 11.1 Å². The molecule has 100 valence electrons. The van der Waals surface area contributed by atoms with Gasteiger partial charge in [-0.25, -0.2) is 0 Å². The highest BCUT2D eigenvalue weighted by Gasteiger charge is 2.48. The Morgan fingerprint density at radius 1 is 1.33 bits per heavy atom. The summed E-state index contributed by atoms with van der Waals surface area (Å²) in [4.78, 5) is 0. The number of nitrogens with one attached hydrogen (secondary N) is 1. The van der Waals surface area contributed by atoms with Crippen LogP contribution in [0.5, 0.6) is 0 Å². The molecule has 1 aliphatic rings. The number of hydrogen-bond acceptors (Lipinski definition) is 2. The van der Waals surface area contributed by atoms with Gasteiger partial charge in [-0.1, -0.05) is 32.0 Å². The summed E-state index contributed by atoms with van der Waals surface area (Å²) in [6.07, 6.45) is 2.50. The zero-order valence-corrected chi connectivity index (χ0v) is 12.1. The van der Waals surface area contributed by atoms with E-state index in [0.29, 0.717) is 11.3 Å². The quantitative estimate of drug-likeness (QED) is 0.837. The van der Waals surface area contributed by atoms with Crippen LogP contribution in [0.1, 0.15) is 55.3 Å². The third kappa shape index (κ3) is 2.45. The van der Waals surface area contributed by atoms with Crippen molar-refractivity contribution in [1.29, 1.82) is 0 Å². The van der Waals surface area contributed by atoms with Crippen LogP contribution >= 0.6 is 0 Å². The summed E-state index contributed by atoms with van der Waals surface area (Å²) >= 11 is 0. The monoisotopic (exact) mass is 246 g/mol. The first-order valence-electron chi connectivity index (χ1n) is 7.01. The van der Waals surface area contributed by atoms with Crippen LogP contribution in [0, 0.1) is 12.3 Å². The van der Waals surface area contributed by atoms with Gasteiger partial charge in [-0.2, -0.15) is 0 Å². The van der Waals surface area contributed by atoms with E-state index in [1.54, 1.807) is 0 Å². The van der Waals surface area contributed by atoms with Crippen molar-refractivity contribution in [3.8, 4) is 0 Å². The van der Waals surface area contributed by atoms with Crippen molar-refractivity contribution in [2.45, 2.75) is 45.6 Å². The topological polar surface area (TPSA) is 38.0 Å². The lowest BCUT2D eigenvalue weighted by molar-refractivity contribution is 0.391. The van der Waals surface area contributed by atoms with Crippen molar-refractivity contribution in [3.63, 3.8) is 0 Å². The maximum Gasteiger partial charge on any atom is 0.0367 e. The predicted molar refractivity (Wildman–Crippen MR) is 77.8 cm³/mol. The first kappa shape index (κ1) is 13.6. The van der Waals surface area contributed by atoms with Gasteiger partial charge in [0.15, 0.2) is 0 Å². The molecule has 0 radical (unpaired) electrons. The molecule has 0 bridgehead atoms. The predicted octanol–water partition coefficient (Wildman–Crippen LogP) is 3.12. The average Bonchev–Trinajstić information content (AvgIpc) is 3.10. The molecule has 1 fully saturated rings. The molecule has 0 spiro atoms. The third-order valence-electron chi connectivity index (χ3n) is 4.39. The Morgan fingerprint density at radius 2 is 2.00 bits per heavy atom. The summed E-state index contributed by atoms with van der Waals surface area (Å²) in [6.45, 7) is 7.68. The van der Waals surface area contributed by atoms with E-state index in [0.717, 1.165) is 6.54 Å². The Labute approximate surface area is 111 Å². The molecule has 1 atom stereocenters. The first-order chi connectivity index (χ1) is 8.50. The van der Waals surface area contributed by atoms with E-state index in [1.165, 1.54) is 29.5 Å². The van der Waals surface area contributed by atoms with E-state index in [2.05, 4.69) is 44.3 Å². The van der Waals surface area contributed by atoms with Crippen molar-refractivity contribution < 1.29 is 0 Å². The molecule has 18 heavy (non-hydrogen) atoms. The van der Waals surface area contributed by atoms with Gasteiger partial charge in [-0.15, -0.1) is 0 Å². The Hall–Kier alpha value is -0.860. The minimum atomic E-state index is 0.170. The molecule has 2 nitrogen and oxygen atoms in total. The minimum absolute atomic E-state index is 0.170. The molecule has 2 rings (SSSR count). The average molecular weight is 246 g/mol.